The number of aryl methyl sites for hydroxylation is 2. The minimum absolute atomic E-state index is 0.166. The van der Waals surface area contributed by atoms with Gasteiger partial charge in [0.1, 0.15) is 12.4 Å². The standard InChI is InChI=1S/C12H19NO4S/c1-4-16-5-6-17-11-7-9(2)12(10(3)8-11)18(13,14)15/h7-8H,4-6H2,1-3H3,(H2,13,14,15). The smallest absolute Gasteiger partial charge is 0.238 e. The molecule has 0 radical (unpaired) electrons. The van der Waals surface area contributed by atoms with Crippen LogP contribution in [-0.2, 0) is 14.8 Å². The van der Waals surface area contributed by atoms with Gasteiger partial charge in [-0.3, -0.25) is 0 Å². The van der Waals surface area contributed by atoms with Crippen molar-refractivity contribution in [3.05, 3.63) is 23.3 Å². The quantitative estimate of drug-likeness (QED) is 0.794. The number of sulfonamides is 1. The molecule has 0 atom stereocenters. The van der Waals surface area contributed by atoms with Gasteiger partial charge in [0.05, 0.1) is 11.5 Å². The molecule has 0 heterocycles. The fourth-order valence-corrected chi connectivity index (χ4v) is 2.82. The van der Waals surface area contributed by atoms with E-state index in [1.807, 2.05) is 6.92 Å². The Morgan fingerprint density at radius 2 is 1.72 bits per heavy atom. The average Bonchev–Trinajstić information content (AvgIpc) is 2.21. The molecular formula is C12H19NO4S. The van der Waals surface area contributed by atoms with E-state index in [0.29, 0.717) is 36.7 Å². The maximum atomic E-state index is 11.4. The third-order valence-electron chi connectivity index (χ3n) is 2.42. The summed E-state index contributed by atoms with van der Waals surface area (Å²) in [7, 11) is -3.69. The molecule has 0 saturated carbocycles. The maximum absolute atomic E-state index is 11.4. The fraction of sp³-hybridized carbons (Fsp3) is 0.500. The van der Waals surface area contributed by atoms with Crippen LogP contribution in [0.4, 0.5) is 0 Å². The summed E-state index contributed by atoms with van der Waals surface area (Å²) >= 11 is 0. The number of nitrogens with two attached hydrogens (primary N) is 1. The van der Waals surface area contributed by atoms with Crippen molar-refractivity contribution in [2.24, 2.45) is 5.14 Å². The van der Waals surface area contributed by atoms with E-state index in [4.69, 9.17) is 14.6 Å². The van der Waals surface area contributed by atoms with E-state index >= 15 is 0 Å². The molecule has 0 amide bonds. The van der Waals surface area contributed by atoms with Crippen molar-refractivity contribution >= 4 is 10.0 Å². The molecule has 0 fully saturated rings. The molecule has 0 aliphatic heterocycles. The first kappa shape index (κ1) is 14.9. The molecule has 0 aliphatic rings. The lowest BCUT2D eigenvalue weighted by atomic mass is 10.1. The molecule has 0 aliphatic carbocycles. The lowest BCUT2D eigenvalue weighted by Crippen LogP contribution is -2.15. The molecular weight excluding hydrogens is 254 g/mol. The van der Waals surface area contributed by atoms with E-state index < -0.39 is 10.0 Å². The highest BCUT2D eigenvalue weighted by atomic mass is 32.2. The molecule has 0 saturated heterocycles. The van der Waals surface area contributed by atoms with Crippen LogP contribution in [0.5, 0.6) is 5.75 Å². The molecule has 1 aromatic rings. The van der Waals surface area contributed by atoms with Crippen LogP contribution in [0, 0.1) is 13.8 Å². The predicted octanol–water partition coefficient (Wildman–Crippen LogP) is 1.37. The Hall–Kier alpha value is -1.11. The summed E-state index contributed by atoms with van der Waals surface area (Å²) in [6.07, 6.45) is 0. The Morgan fingerprint density at radius 1 is 1.17 bits per heavy atom. The fourth-order valence-electron chi connectivity index (χ4n) is 1.81. The zero-order chi connectivity index (χ0) is 13.8. The Kier molecular flexibility index (Phi) is 5.13. The molecule has 6 heteroatoms. The van der Waals surface area contributed by atoms with Crippen molar-refractivity contribution in [2.75, 3.05) is 19.8 Å². The number of primary sulfonamides is 1. The Balaban J connectivity index is 2.87. The van der Waals surface area contributed by atoms with Crippen molar-refractivity contribution < 1.29 is 17.9 Å². The predicted molar refractivity (Wildman–Crippen MR) is 69.3 cm³/mol. The van der Waals surface area contributed by atoms with Gasteiger partial charge >= 0.3 is 0 Å². The molecule has 102 valence electrons. The minimum Gasteiger partial charge on any atom is -0.491 e. The number of benzene rings is 1. The second kappa shape index (κ2) is 6.17. The first-order chi connectivity index (χ1) is 8.36. The maximum Gasteiger partial charge on any atom is 0.238 e. The van der Waals surface area contributed by atoms with Gasteiger partial charge in [0.15, 0.2) is 0 Å². The van der Waals surface area contributed by atoms with Crippen LogP contribution in [0.3, 0.4) is 0 Å². The van der Waals surface area contributed by atoms with E-state index in [-0.39, 0.29) is 4.90 Å². The third-order valence-corrected chi connectivity index (χ3v) is 3.63. The van der Waals surface area contributed by atoms with Crippen LogP contribution < -0.4 is 9.88 Å². The van der Waals surface area contributed by atoms with Gasteiger partial charge in [0.2, 0.25) is 10.0 Å². The van der Waals surface area contributed by atoms with Crippen molar-refractivity contribution in [3.63, 3.8) is 0 Å². The average molecular weight is 273 g/mol. The van der Waals surface area contributed by atoms with Gasteiger partial charge in [0.25, 0.3) is 0 Å². The second-order valence-electron chi connectivity index (χ2n) is 3.98. The number of ether oxygens (including phenoxy) is 2. The normalized spacial score (nSPS) is 11.6. The van der Waals surface area contributed by atoms with Crippen LogP contribution in [-0.4, -0.2) is 28.2 Å². The van der Waals surface area contributed by atoms with Crippen molar-refractivity contribution in [3.8, 4) is 5.75 Å². The van der Waals surface area contributed by atoms with E-state index in [0.717, 1.165) is 0 Å². The monoisotopic (exact) mass is 273 g/mol. The number of rotatable bonds is 6. The van der Waals surface area contributed by atoms with Crippen LogP contribution in [0.25, 0.3) is 0 Å². The van der Waals surface area contributed by atoms with E-state index in [9.17, 15) is 8.42 Å². The highest BCUT2D eigenvalue weighted by Gasteiger charge is 2.16. The summed E-state index contributed by atoms with van der Waals surface area (Å²) in [5.74, 6) is 0.622. The van der Waals surface area contributed by atoms with Gasteiger partial charge < -0.3 is 9.47 Å². The summed E-state index contributed by atoms with van der Waals surface area (Å²) in [5.41, 5.74) is 1.17. The molecule has 0 spiro atoms. The molecule has 2 N–H and O–H groups in total. The minimum atomic E-state index is -3.69. The van der Waals surface area contributed by atoms with Gasteiger partial charge in [-0.05, 0) is 44.0 Å². The van der Waals surface area contributed by atoms with Crippen LogP contribution in [0.15, 0.2) is 17.0 Å². The van der Waals surface area contributed by atoms with Crippen LogP contribution in [0.2, 0.25) is 0 Å². The highest BCUT2D eigenvalue weighted by molar-refractivity contribution is 7.89. The first-order valence-electron chi connectivity index (χ1n) is 5.71. The molecule has 0 bridgehead atoms. The van der Waals surface area contributed by atoms with E-state index in [1.165, 1.54) is 0 Å². The Labute approximate surface area is 108 Å². The van der Waals surface area contributed by atoms with Crippen molar-refractivity contribution in [1.82, 2.24) is 0 Å². The van der Waals surface area contributed by atoms with Crippen LogP contribution >= 0.6 is 0 Å². The summed E-state index contributed by atoms with van der Waals surface area (Å²) in [5, 5.41) is 5.16. The van der Waals surface area contributed by atoms with E-state index in [2.05, 4.69) is 0 Å². The van der Waals surface area contributed by atoms with Gasteiger partial charge in [-0.2, -0.15) is 0 Å². The third kappa shape index (κ3) is 3.97. The molecule has 0 unspecified atom stereocenters. The van der Waals surface area contributed by atoms with Crippen molar-refractivity contribution in [1.29, 1.82) is 0 Å². The Bertz CT molecular complexity index is 488. The lowest BCUT2D eigenvalue weighted by molar-refractivity contribution is 0.110. The zero-order valence-corrected chi connectivity index (χ0v) is 11.7. The molecule has 1 aromatic carbocycles. The zero-order valence-electron chi connectivity index (χ0n) is 10.9. The summed E-state index contributed by atoms with van der Waals surface area (Å²) in [6.45, 7) is 6.89. The van der Waals surface area contributed by atoms with Gasteiger partial charge in [0, 0.05) is 6.61 Å². The van der Waals surface area contributed by atoms with Crippen LogP contribution in [0.1, 0.15) is 18.1 Å². The molecule has 18 heavy (non-hydrogen) atoms. The number of hydrogen-bond donors (Lipinski definition) is 1. The largest absolute Gasteiger partial charge is 0.491 e. The van der Waals surface area contributed by atoms with Crippen molar-refractivity contribution in [2.45, 2.75) is 25.7 Å². The topological polar surface area (TPSA) is 78.6 Å². The van der Waals surface area contributed by atoms with E-state index in [1.54, 1.807) is 26.0 Å². The Morgan fingerprint density at radius 3 is 2.17 bits per heavy atom. The molecule has 1 rings (SSSR count). The lowest BCUT2D eigenvalue weighted by Gasteiger charge is -2.12. The summed E-state index contributed by atoms with van der Waals surface area (Å²) in [4.78, 5) is 0.166. The number of hydrogen-bond acceptors (Lipinski definition) is 4. The van der Waals surface area contributed by atoms with Gasteiger partial charge in [-0.25, -0.2) is 13.6 Å². The highest BCUT2D eigenvalue weighted by Crippen LogP contribution is 2.24. The molecule has 5 nitrogen and oxygen atoms in total. The van der Waals surface area contributed by atoms with Gasteiger partial charge in [-0.1, -0.05) is 0 Å². The second-order valence-corrected chi connectivity index (χ2v) is 5.47. The summed E-state index contributed by atoms with van der Waals surface area (Å²) < 4.78 is 33.4. The SMILES string of the molecule is CCOCCOc1cc(C)c(S(N)(=O)=O)c(C)c1. The summed E-state index contributed by atoms with van der Waals surface area (Å²) in [6, 6.07) is 3.33. The first-order valence-corrected chi connectivity index (χ1v) is 7.25. The molecule has 0 aromatic heterocycles. The van der Waals surface area contributed by atoms with Gasteiger partial charge in [-0.15, -0.1) is 0 Å².